The number of rotatable bonds is 4. The highest BCUT2D eigenvalue weighted by molar-refractivity contribution is 5.61. The Labute approximate surface area is 101 Å². The lowest BCUT2D eigenvalue weighted by molar-refractivity contribution is 0.355. The van der Waals surface area contributed by atoms with Crippen molar-refractivity contribution in [3.05, 3.63) is 30.6 Å². The summed E-state index contributed by atoms with van der Waals surface area (Å²) in [5, 5.41) is 0. The molecule has 0 N–H and O–H groups in total. The first-order valence-electron chi connectivity index (χ1n) is 5.53. The molecule has 2 aromatic rings. The van der Waals surface area contributed by atoms with Crippen molar-refractivity contribution in [1.29, 1.82) is 0 Å². The van der Waals surface area contributed by atoms with Gasteiger partial charge in [0.25, 0.3) is 0 Å². The van der Waals surface area contributed by atoms with Gasteiger partial charge >= 0.3 is 0 Å². The summed E-state index contributed by atoms with van der Waals surface area (Å²) in [5.41, 5.74) is 1.02. The first-order chi connectivity index (χ1) is 8.30. The minimum absolute atomic E-state index is 0.718. The molecule has 1 heterocycles. The molecule has 90 valence electrons. The van der Waals surface area contributed by atoms with E-state index in [1.165, 1.54) is 0 Å². The molecular formula is C13H16N2O2. The van der Waals surface area contributed by atoms with E-state index in [2.05, 4.69) is 16.5 Å². The maximum absolute atomic E-state index is 5.29. The topological polar surface area (TPSA) is 36.3 Å². The summed E-state index contributed by atoms with van der Waals surface area (Å²) in [4.78, 5) is 4.35. The average molecular weight is 232 g/mol. The van der Waals surface area contributed by atoms with Crippen LogP contribution in [0.4, 0.5) is 0 Å². The van der Waals surface area contributed by atoms with E-state index in [0.717, 1.165) is 29.4 Å². The lowest BCUT2D eigenvalue weighted by Gasteiger charge is -2.10. The summed E-state index contributed by atoms with van der Waals surface area (Å²) >= 11 is 0. The molecule has 0 atom stereocenters. The first kappa shape index (κ1) is 11.5. The second-order valence-corrected chi connectivity index (χ2v) is 3.61. The van der Waals surface area contributed by atoms with E-state index in [1.54, 1.807) is 20.4 Å². The van der Waals surface area contributed by atoms with Crippen molar-refractivity contribution in [2.75, 3.05) is 14.2 Å². The van der Waals surface area contributed by atoms with Crippen LogP contribution in [0.2, 0.25) is 0 Å². The van der Waals surface area contributed by atoms with Gasteiger partial charge in [-0.1, -0.05) is 0 Å². The van der Waals surface area contributed by atoms with Crippen molar-refractivity contribution in [3.8, 4) is 22.9 Å². The van der Waals surface area contributed by atoms with E-state index in [9.17, 15) is 0 Å². The van der Waals surface area contributed by atoms with E-state index >= 15 is 0 Å². The Balaban J connectivity index is 2.46. The Morgan fingerprint density at radius 2 is 1.94 bits per heavy atom. The van der Waals surface area contributed by atoms with Gasteiger partial charge in [0, 0.05) is 24.5 Å². The zero-order chi connectivity index (χ0) is 12.3. The Kier molecular flexibility index (Phi) is 3.32. The molecule has 1 aromatic heterocycles. The number of benzene rings is 1. The van der Waals surface area contributed by atoms with Crippen molar-refractivity contribution < 1.29 is 9.47 Å². The van der Waals surface area contributed by atoms with Crippen LogP contribution in [0.15, 0.2) is 30.6 Å². The van der Waals surface area contributed by atoms with Gasteiger partial charge in [0.05, 0.1) is 14.2 Å². The molecule has 0 radical (unpaired) electrons. The highest BCUT2D eigenvalue weighted by atomic mass is 16.5. The van der Waals surface area contributed by atoms with Crippen LogP contribution in [0.5, 0.6) is 11.5 Å². The first-order valence-corrected chi connectivity index (χ1v) is 5.53. The van der Waals surface area contributed by atoms with Gasteiger partial charge in [0.15, 0.2) is 11.5 Å². The SMILES string of the molecule is CCn1ccnc1-c1ccc(OC)c(OC)c1. The molecule has 0 fully saturated rings. The summed E-state index contributed by atoms with van der Waals surface area (Å²) in [6.07, 6.45) is 3.77. The maximum Gasteiger partial charge on any atom is 0.161 e. The summed E-state index contributed by atoms with van der Waals surface area (Å²) in [7, 11) is 3.26. The number of aryl methyl sites for hydroxylation is 1. The van der Waals surface area contributed by atoms with Crippen LogP contribution < -0.4 is 9.47 Å². The van der Waals surface area contributed by atoms with Crippen LogP contribution >= 0.6 is 0 Å². The Morgan fingerprint density at radius 3 is 2.59 bits per heavy atom. The Bertz CT molecular complexity index is 506. The second kappa shape index (κ2) is 4.91. The quantitative estimate of drug-likeness (QED) is 0.813. The van der Waals surface area contributed by atoms with Gasteiger partial charge in [-0.15, -0.1) is 0 Å². The highest BCUT2D eigenvalue weighted by Gasteiger charge is 2.09. The standard InChI is InChI=1S/C13H16N2O2/c1-4-15-8-7-14-13(15)10-5-6-11(16-2)12(9-10)17-3/h5-9H,4H2,1-3H3. The Morgan fingerprint density at radius 1 is 1.18 bits per heavy atom. The van der Waals surface area contributed by atoms with Crippen LogP contribution in [-0.4, -0.2) is 23.8 Å². The third kappa shape index (κ3) is 2.11. The Hall–Kier alpha value is -1.97. The van der Waals surface area contributed by atoms with Crippen molar-refractivity contribution in [2.24, 2.45) is 0 Å². The molecule has 0 saturated carbocycles. The fourth-order valence-electron chi connectivity index (χ4n) is 1.80. The minimum atomic E-state index is 0.718. The molecule has 0 aliphatic rings. The molecule has 0 saturated heterocycles. The van der Waals surface area contributed by atoms with Crippen LogP contribution in [0, 0.1) is 0 Å². The normalized spacial score (nSPS) is 10.3. The zero-order valence-electron chi connectivity index (χ0n) is 10.3. The number of ether oxygens (including phenoxy) is 2. The van der Waals surface area contributed by atoms with Gasteiger partial charge in [0.2, 0.25) is 0 Å². The van der Waals surface area contributed by atoms with Crippen LogP contribution in [0.25, 0.3) is 11.4 Å². The number of methoxy groups -OCH3 is 2. The van der Waals surface area contributed by atoms with Crippen molar-refractivity contribution in [1.82, 2.24) is 9.55 Å². The fraction of sp³-hybridized carbons (Fsp3) is 0.308. The van der Waals surface area contributed by atoms with Crippen molar-refractivity contribution in [2.45, 2.75) is 13.5 Å². The largest absolute Gasteiger partial charge is 0.493 e. The van der Waals surface area contributed by atoms with Gasteiger partial charge in [-0.25, -0.2) is 4.98 Å². The zero-order valence-corrected chi connectivity index (χ0v) is 10.3. The molecule has 0 unspecified atom stereocenters. The van der Waals surface area contributed by atoms with E-state index in [0.29, 0.717) is 0 Å². The summed E-state index contributed by atoms with van der Waals surface area (Å²) in [6.45, 7) is 2.98. The summed E-state index contributed by atoms with van der Waals surface area (Å²) < 4.78 is 12.6. The number of hydrogen-bond acceptors (Lipinski definition) is 3. The molecule has 2 rings (SSSR count). The molecule has 0 spiro atoms. The highest BCUT2D eigenvalue weighted by Crippen LogP contribution is 2.31. The van der Waals surface area contributed by atoms with Gasteiger partial charge in [-0.2, -0.15) is 0 Å². The maximum atomic E-state index is 5.29. The molecule has 0 bridgehead atoms. The molecule has 4 nitrogen and oxygen atoms in total. The number of hydrogen-bond donors (Lipinski definition) is 0. The predicted octanol–water partition coefficient (Wildman–Crippen LogP) is 2.59. The van der Waals surface area contributed by atoms with Gasteiger partial charge in [0.1, 0.15) is 5.82 Å². The average Bonchev–Trinajstić information content (AvgIpc) is 2.86. The minimum Gasteiger partial charge on any atom is -0.493 e. The lowest BCUT2D eigenvalue weighted by atomic mass is 10.2. The summed E-state index contributed by atoms with van der Waals surface area (Å²) in [6, 6.07) is 5.81. The fourth-order valence-corrected chi connectivity index (χ4v) is 1.80. The smallest absolute Gasteiger partial charge is 0.161 e. The van der Waals surface area contributed by atoms with E-state index in [-0.39, 0.29) is 0 Å². The van der Waals surface area contributed by atoms with Crippen molar-refractivity contribution in [3.63, 3.8) is 0 Å². The molecule has 1 aromatic carbocycles. The number of nitrogens with zero attached hydrogens (tertiary/aromatic N) is 2. The van der Waals surface area contributed by atoms with E-state index in [4.69, 9.17) is 9.47 Å². The van der Waals surface area contributed by atoms with E-state index < -0.39 is 0 Å². The monoisotopic (exact) mass is 232 g/mol. The second-order valence-electron chi connectivity index (χ2n) is 3.61. The van der Waals surface area contributed by atoms with Crippen LogP contribution in [-0.2, 0) is 6.54 Å². The molecule has 0 aliphatic heterocycles. The molecule has 0 aliphatic carbocycles. The number of aromatic nitrogens is 2. The summed E-state index contributed by atoms with van der Waals surface area (Å²) in [5.74, 6) is 2.38. The third-order valence-electron chi connectivity index (χ3n) is 2.70. The molecule has 4 heteroatoms. The number of imidazole rings is 1. The van der Waals surface area contributed by atoms with Gasteiger partial charge < -0.3 is 14.0 Å². The third-order valence-corrected chi connectivity index (χ3v) is 2.70. The molecule has 17 heavy (non-hydrogen) atoms. The lowest BCUT2D eigenvalue weighted by Crippen LogP contribution is -1.97. The van der Waals surface area contributed by atoms with Gasteiger partial charge in [-0.05, 0) is 25.1 Å². The molecular weight excluding hydrogens is 216 g/mol. The predicted molar refractivity (Wildman–Crippen MR) is 66.4 cm³/mol. The van der Waals surface area contributed by atoms with Crippen LogP contribution in [0.3, 0.4) is 0 Å². The van der Waals surface area contributed by atoms with Crippen molar-refractivity contribution >= 4 is 0 Å². The van der Waals surface area contributed by atoms with E-state index in [1.807, 2.05) is 24.4 Å². The van der Waals surface area contributed by atoms with Gasteiger partial charge in [-0.3, -0.25) is 0 Å². The van der Waals surface area contributed by atoms with Crippen LogP contribution in [0.1, 0.15) is 6.92 Å². The molecule has 0 amide bonds.